The molecule has 1 rings (SSSR count). The number of halogens is 3. The zero-order chi connectivity index (χ0) is 15.9. The van der Waals surface area contributed by atoms with E-state index in [1.165, 1.54) is 12.1 Å². The Morgan fingerprint density at radius 3 is 2.33 bits per heavy atom. The van der Waals surface area contributed by atoms with Gasteiger partial charge in [0, 0.05) is 6.04 Å². The molecule has 1 N–H and O–H groups in total. The minimum Gasteiger partial charge on any atom is -0.310 e. The standard InChI is InChI=1S/C17H26F3N/c1-4-8-13(3)12-16(21-11-5-2)14-9-6-7-10-15(14)17(18,19)20/h6-7,9-10,13,16,21H,4-5,8,11-12H2,1-3H3. The van der Waals surface area contributed by atoms with Gasteiger partial charge in [0.1, 0.15) is 0 Å². The van der Waals surface area contributed by atoms with Gasteiger partial charge in [-0.05, 0) is 36.9 Å². The van der Waals surface area contributed by atoms with Gasteiger partial charge in [0.25, 0.3) is 0 Å². The molecule has 1 aromatic rings. The molecule has 0 saturated heterocycles. The second kappa shape index (κ2) is 8.42. The van der Waals surface area contributed by atoms with Crippen LogP contribution in [-0.2, 0) is 6.18 Å². The Kier molecular flexibility index (Phi) is 7.23. The molecule has 0 amide bonds. The Hall–Kier alpha value is -1.03. The van der Waals surface area contributed by atoms with Crippen LogP contribution in [0.3, 0.4) is 0 Å². The molecular weight excluding hydrogens is 275 g/mol. The van der Waals surface area contributed by atoms with Crippen molar-refractivity contribution in [2.75, 3.05) is 6.54 Å². The van der Waals surface area contributed by atoms with E-state index in [1.807, 2.05) is 6.92 Å². The number of benzene rings is 1. The Balaban J connectivity index is 3.02. The highest BCUT2D eigenvalue weighted by Gasteiger charge is 2.35. The quantitative estimate of drug-likeness (QED) is 0.661. The lowest BCUT2D eigenvalue weighted by molar-refractivity contribution is -0.138. The van der Waals surface area contributed by atoms with Gasteiger partial charge in [0.05, 0.1) is 5.56 Å². The molecule has 0 aliphatic heterocycles. The third-order valence-electron chi connectivity index (χ3n) is 3.70. The van der Waals surface area contributed by atoms with Crippen LogP contribution in [0.2, 0.25) is 0 Å². The molecule has 0 bridgehead atoms. The van der Waals surface area contributed by atoms with Crippen molar-refractivity contribution < 1.29 is 13.2 Å². The van der Waals surface area contributed by atoms with Crippen LogP contribution in [0.25, 0.3) is 0 Å². The third kappa shape index (κ3) is 5.70. The van der Waals surface area contributed by atoms with Crippen molar-refractivity contribution in [3.63, 3.8) is 0 Å². The van der Waals surface area contributed by atoms with Gasteiger partial charge in [-0.15, -0.1) is 0 Å². The summed E-state index contributed by atoms with van der Waals surface area (Å²) in [4.78, 5) is 0. The van der Waals surface area contributed by atoms with Crippen LogP contribution in [0.4, 0.5) is 13.2 Å². The fourth-order valence-electron chi connectivity index (χ4n) is 2.71. The summed E-state index contributed by atoms with van der Waals surface area (Å²) in [6.45, 7) is 6.97. The summed E-state index contributed by atoms with van der Waals surface area (Å²) >= 11 is 0. The van der Waals surface area contributed by atoms with Crippen molar-refractivity contribution in [3.05, 3.63) is 35.4 Å². The Labute approximate surface area is 125 Å². The molecule has 2 unspecified atom stereocenters. The first kappa shape index (κ1) is 18.0. The normalized spacial score (nSPS) is 15.0. The van der Waals surface area contributed by atoms with E-state index in [9.17, 15) is 13.2 Å². The summed E-state index contributed by atoms with van der Waals surface area (Å²) in [5.74, 6) is 0.408. The molecule has 4 heteroatoms. The van der Waals surface area contributed by atoms with Crippen molar-refractivity contribution in [1.82, 2.24) is 5.32 Å². The molecule has 1 aromatic carbocycles. The third-order valence-corrected chi connectivity index (χ3v) is 3.70. The molecule has 0 spiro atoms. The van der Waals surface area contributed by atoms with Crippen molar-refractivity contribution >= 4 is 0 Å². The van der Waals surface area contributed by atoms with E-state index in [0.717, 1.165) is 32.2 Å². The van der Waals surface area contributed by atoms with E-state index in [1.54, 1.807) is 12.1 Å². The smallest absolute Gasteiger partial charge is 0.310 e. The van der Waals surface area contributed by atoms with E-state index in [-0.39, 0.29) is 6.04 Å². The van der Waals surface area contributed by atoms with Gasteiger partial charge in [-0.2, -0.15) is 13.2 Å². The number of hydrogen-bond acceptors (Lipinski definition) is 1. The van der Waals surface area contributed by atoms with Crippen LogP contribution in [-0.4, -0.2) is 6.54 Å². The van der Waals surface area contributed by atoms with Crippen LogP contribution in [0.15, 0.2) is 24.3 Å². The predicted molar refractivity (Wildman–Crippen MR) is 81.2 cm³/mol. The SMILES string of the molecule is CCCNC(CC(C)CCC)c1ccccc1C(F)(F)F. The molecule has 0 saturated carbocycles. The number of alkyl halides is 3. The molecular formula is C17H26F3N. The second-order valence-corrected chi connectivity index (χ2v) is 5.72. The van der Waals surface area contributed by atoms with Gasteiger partial charge >= 0.3 is 6.18 Å². The van der Waals surface area contributed by atoms with E-state index in [2.05, 4.69) is 19.2 Å². The minimum atomic E-state index is -4.29. The van der Waals surface area contributed by atoms with Crippen molar-refractivity contribution in [3.8, 4) is 0 Å². The molecule has 1 nitrogen and oxygen atoms in total. The fraction of sp³-hybridized carbons (Fsp3) is 0.647. The largest absolute Gasteiger partial charge is 0.416 e. The second-order valence-electron chi connectivity index (χ2n) is 5.72. The van der Waals surface area contributed by atoms with Crippen molar-refractivity contribution in [1.29, 1.82) is 0 Å². The molecule has 0 radical (unpaired) electrons. The molecule has 0 fully saturated rings. The van der Waals surface area contributed by atoms with Crippen molar-refractivity contribution in [2.24, 2.45) is 5.92 Å². The highest BCUT2D eigenvalue weighted by Crippen LogP contribution is 2.36. The van der Waals surface area contributed by atoms with Crippen molar-refractivity contribution in [2.45, 2.75) is 58.7 Å². The Morgan fingerprint density at radius 2 is 1.76 bits per heavy atom. The fourth-order valence-corrected chi connectivity index (χ4v) is 2.71. The lowest BCUT2D eigenvalue weighted by atomic mass is 9.90. The van der Waals surface area contributed by atoms with E-state index in [4.69, 9.17) is 0 Å². The maximum Gasteiger partial charge on any atom is 0.416 e. The highest BCUT2D eigenvalue weighted by atomic mass is 19.4. The molecule has 0 aromatic heterocycles. The predicted octanol–water partition coefficient (Wildman–Crippen LogP) is 5.57. The van der Waals surface area contributed by atoms with Gasteiger partial charge in [-0.3, -0.25) is 0 Å². The molecule has 0 heterocycles. The topological polar surface area (TPSA) is 12.0 Å². The first-order valence-electron chi connectivity index (χ1n) is 7.79. The summed E-state index contributed by atoms with van der Waals surface area (Å²) in [7, 11) is 0. The molecule has 120 valence electrons. The minimum absolute atomic E-state index is 0.232. The van der Waals surface area contributed by atoms with Crippen LogP contribution in [0.1, 0.15) is 63.6 Å². The van der Waals surface area contributed by atoms with Crippen LogP contribution in [0, 0.1) is 5.92 Å². The average molecular weight is 301 g/mol. The van der Waals surface area contributed by atoms with Gasteiger partial charge in [0.2, 0.25) is 0 Å². The average Bonchev–Trinajstić information content (AvgIpc) is 2.43. The Morgan fingerprint density at radius 1 is 1.10 bits per heavy atom. The molecule has 21 heavy (non-hydrogen) atoms. The summed E-state index contributed by atoms with van der Waals surface area (Å²) in [5, 5.41) is 3.29. The van der Waals surface area contributed by atoms with E-state index < -0.39 is 11.7 Å². The van der Waals surface area contributed by atoms with Crippen LogP contribution < -0.4 is 5.32 Å². The van der Waals surface area contributed by atoms with Crippen LogP contribution in [0.5, 0.6) is 0 Å². The van der Waals surface area contributed by atoms with E-state index >= 15 is 0 Å². The maximum atomic E-state index is 13.2. The number of hydrogen-bond donors (Lipinski definition) is 1. The summed E-state index contributed by atoms with van der Waals surface area (Å²) < 4.78 is 39.6. The summed E-state index contributed by atoms with van der Waals surface area (Å²) in [5.41, 5.74) is -0.135. The molecule has 2 atom stereocenters. The maximum absolute atomic E-state index is 13.2. The Bertz CT molecular complexity index is 415. The van der Waals surface area contributed by atoms with Gasteiger partial charge in [-0.1, -0.05) is 51.8 Å². The lowest BCUT2D eigenvalue weighted by Crippen LogP contribution is -2.26. The summed E-state index contributed by atoms with van der Waals surface area (Å²) in [6.07, 6.45) is -0.550. The molecule has 0 aliphatic rings. The van der Waals surface area contributed by atoms with Gasteiger partial charge in [0.15, 0.2) is 0 Å². The number of rotatable bonds is 8. The monoisotopic (exact) mass is 301 g/mol. The van der Waals surface area contributed by atoms with Gasteiger partial charge in [-0.25, -0.2) is 0 Å². The first-order chi connectivity index (χ1) is 9.90. The van der Waals surface area contributed by atoms with Crippen LogP contribution >= 0.6 is 0 Å². The van der Waals surface area contributed by atoms with Gasteiger partial charge < -0.3 is 5.32 Å². The first-order valence-corrected chi connectivity index (χ1v) is 7.79. The zero-order valence-electron chi connectivity index (χ0n) is 13.1. The van der Waals surface area contributed by atoms with E-state index in [0.29, 0.717) is 11.5 Å². The summed E-state index contributed by atoms with van der Waals surface area (Å²) in [6, 6.07) is 5.70. The zero-order valence-corrected chi connectivity index (χ0v) is 13.1. The highest BCUT2D eigenvalue weighted by molar-refractivity contribution is 5.32. The molecule has 0 aliphatic carbocycles. The number of nitrogens with one attached hydrogen (secondary N) is 1. The lowest BCUT2D eigenvalue weighted by Gasteiger charge is -2.25.